The van der Waals surface area contributed by atoms with Gasteiger partial charge in [0.2, 0.25) is 0 Å². The molecule has 2 N–H and O–H groups in total. The Labute approximate surface area is 107 Å². The lowest BCUT2D eigenvalue weighted by Crippen LogP contribution is -2.28. The third-order valence-corrected chi connectivity index (χ3v) is 5.46. The maximum Gasteiger partial charge on any atom is 0.0698 e. The highest BCUT2D eigenvalue weighted by Gasteiger charge is 2.42. The van der Waals surface area contributed by atoms with Gasteiger partial charge in [-0.1, -0.05) is 12.8 Å². The van der Waals surface area contributed by atoms with Crippen molar-refractivity contribution >= 4 is 10.8 Å². The van der Waals surface area contributed by atoms with Gasteiger partial charge in [-0.15, -0.1) is 0 Å². The predicted molar refractivity (Wildman–Crippen MR) is 71.4 cm³/mol. The smallest absolute Gasteiger partial charge is 0.0698 e. The van der Waals surface area contributed by atoms with Crippen molar-refractivity contribution in [2.24, 2.45) is 5.73 Å². The van der Waals surface area contributed by atoms with Gasteiger partial charge in [0, 0.05) is 28.3 Å². The van der Waals surface area contributed by atoms with E-state index in [1.54, 1.807) is 0 Å². The molecule has 0 aromatic carbocycles. The molecule has 4 heteroatoms. The zero-order valence-corrected chi connectivity index (χ0v) is 11.6. The fourth-order valence-electron chi connectivity index (χ4n) is 3.01. The molecular formula is C13H25NO2S. The van der Waals surface area contributed by atoms with E-state index >= 15 is 0 Å². The van der Waals surface area contributed by atoms with Gasteiger partial charge in [0.05, 0.1) is 11.7 Å². The minimum absolute atomic E-state index is 0.157. The summed E-state index contributed by atoms with van der Waals surface area (Å²) in [6.45, 7) is 1.97. The Morgan fingerprint density at radius 2 is 2.12 bits per heavy atom. The number of hydrogen-bond donors (Lipinski definition) is 1. The van der Waals surface area contributed by atoms with Crippen LogP contribution in [0.15, 0.2) is 0 Å². The normalized spacial score (nSPS) is 30.8. The van der Waals surface area contributed by atoms with E-state index < -0.39 is 10.8 Å². The van der Waals surface area contributed by atoms with Gasteiger partial charge in [-0.2, -0.15) is 0 Å². The summed E-state index contributed by atoms with van der Waals surface area (Å²) in [7, 11) is -0.752. The van der Waals surface area contributed by atoms with Gasteiger partial charge in [-0.05, 0) is 39.0 Å². The third kappa shape index (κ3) is 3.76. The summed E-state index contributed by atoms with van der Waals surface area (Å²) in [5.74, 6) is 1.44. The van der Waals surface area contributed by atoms with Gasteiger partial charge < -0.3 is 10.5 Å². The van der Waals surface area contributed by atoms with Crippen LogP contribution in [0, 0.1) is 0 Å². The maximum atomic E-state index is 11.9. The molecule has 1 aliphatic carbocycles. The van der Waals surface area contributed by atoms with Gasteiger partial charge in [0.25, 0.3) is 0 Å². The van der Waals surface area contributed by atoms with Crippen LogP contribution < -0.4 is 5.73 Å². The molecule has 3 unspecified atom stereocenters. The lowest BCUT2D eigenvalue weighted by atomic mass is 9.98. The van der Waals surface area contributed by atoms with Crippen molar-refractivity contribution in [2.45, 2.75) is 69.6 Å². The molecule has 3 nitrogen and oxygen atoms in total. The first-order valence-corrected chi connectivity index (χ1v) is 8.37. The zero-order chi connectivity index (χ0) is 12.3. The molecular weight excluding hydrogens is 234 g/mol. The molecule has 2 rings (SSSR count). The SMILES string of the molecule is CC(N)CCS(=O)CC1CCC2(CCCC2)O1. The van der Waals surface area contributed by atoms with Crippen LogP contribution >= 0.6 is 0 Å². The molecule has 2 aliphatic rings. The summed E-state index contributed by atoms with van der Waals surface area (Å²) < 4.78 is 18.0. The van der Waals surface area contributed by atoms with E-state index in [-0.39, 0.29) is 17.7 Å². The van der Waals surface area contributed by atoms with E-state index in [0.717, 1.165) is 18.6 Å². The van der Waals surface area contributed by atoms with E-state index in [1.165, 1.54) is 32.1 Å². The summed E-state index contributed by atoms with van der Waals surface area (Å²) in [6, 6.07) is 0.157. The minimum Gasteiger partial charge on any atom is -0.371 e. The Kier molecular flexibility index (Phi) is 4.61. The van der Waals surface area contributed by atoms with Crippen molar-refractivity contribution < 1.29 is 8.95 Å². The summed E-state index contributed by atoms with van der Waals surface area (Å²) in [6.07, 6.45) is 8.42. The molecule has 100 valence electrons. The molecule has 0 aromatic rings. The molecule has 2 fully saturated rings. The second kappa shape index (κ2) is 5.81. The Morgan fingerprint density at radius 3 is 2.76 bits per heavy atom. The fraction of sp³-hybridized carbons (Fsp3) is 1.00. The second-order valence-electron chi connectivity index (χ2n) is 5.75. The molecule has 1 heterocycles. The standard InChI is InChI=1S/C13H25NO2S/c1-11(14)5-9-17(15)10-12-4-8-13(16-12)6-2-3-7-13/h11-12H,2-10,14H2,1H3. The number of ether oxygens (including phenoxy) is 1. The Morgan fingerprint density at radius 1 is 1.41 bits per heavy atom. The van der Waals surface area contributed by atoms with Crippen LogP contribution in [0.5, 0.6) is 0 Å². The van der Waals surface area contributed by atoms with Crippen molar-refractivity contribution in [3.8, 4) is 0 Å². The molecule has 0 radical (unpaired) electrons. The average molecular weight is 259 g/mol. The molecule has 0 aromatic heterocycles. The Balaban J connectivity index is 1.72. The van der Waals surface area contributed by atoms with Gasteiger partial charge >= 0.3 is 0 Å². The number of rotatable bonds is 5. The summed E-state index contributed by atoms with van der Waals surface area (Å²) in [5.41, 5.74) is 5.85. The molecule has 1 aliphatic heterocycles. The first-order chi connectivity index (χ1) is 8.10. The van der Waals surface area contributed by atoms with E-state index in [2.05, 4.69) is 0 Å². The van der Waals surface area contributed by atoms with Gasteiger partial charge in [-0.25, -0.2) is 0 Å². The van der Waals surface area contributed by atoms with Crippen molar-refractivity contribution in [1.82, 2.24) is 0 Å². The van der Waals surface area contributed by atoms with Crippen molar-refractivity contribution in [1.29, 1.82) is 0 Å². The minimum atomic E-state index is -0.752. The lowest BCUT2D eigenvalue weighted by Gasteiger charge is -2.23. The van der Waals surface area contributed by atoms with E-state index in [9.17, 15) is 4.21 Å². The van der Waals surface area contributed by atoms with Gasteiger partial charge in [0.15, 0.2) is 0 Å². The van der Waals surface area contributed by atoms with Crippen LogP contribution in [0.1, 0.15) is 51.9 Å². The van der Waals surface area contributed by atoms with Crippen molar-refractivity contribution in [2.75, 3.05) is 11.5 Å². The topological polar surface area (TPSA) is 52.3 Å². The number of hydrogen-bond acceptors (Lipinski definition) is 3. The first kappa shape index (κ1) is 13.5. The molecule has 0 amide bonds. The Bertz CT molecular complexity index is 275. The summed E-state index contributed by atoms with van der Waals surface area (Å²) >= 11 is 0. The van der Waals surface area contributed by atoms with E-state index in [0.29, 0.717) is 5.75 Å². The molecule has 1 spiro atoms. The van der Waals surface area contributed by atoms with Crippen LogP contribution in [0.25, 0.3) is 0 Å². The second-order valence-corrected chi connectivity index (χ2v) is 7.37. The van der Waals surface area contributed by atoms with Crippen LogP contribution in [0.3, 0.4) is 0 Å². The highest BCUT2D eigenvalue weighted by molar-refractivity contribution is 7.85. The van der Waals surface area contributed by atoms with Gasteiger partial charge in [-0.3, -0.25) is 4.21 Å². The van der Waals surface area contributed by atoms with Crippen LogP contribution in [-0.4, -0.2) is 33.5 Å². The van der Waals surface area contributed by atoms with Crippen LogP contribution in [-0.2, 0) is 15.5 Å². The predicted octanol–water partition coefficient (Wildman–Crippen LogP) is 1.96. The largest absolute Gasteiger partial charge is 0.371 e. The van der Waals surface area contributed by atoms with Crippen molar-refractivity contribution in [3.63, 3.8) is 0 Å². The van der Waals surface area contributed by atoms with Crippen molar-refractivity contribution in [3.05, 3.63) is 0 Å². The first-order valence-electron chi connectivity index (χ1n) is 6.88. The molecule has 1 saturated heterocycles. The highest BCUT2D eigenvalue weighted by atomic mass is 32.2. The number of nitrogens with two attached hydrogens (primary N) is 1. The fourth-order valence-corrected chi connectivity index (χ4v) is 4.46. The molecule has 1 saturated carbocycles. The quantitative estimate of drug-likeness (QED) is 0.821. The monoisotopic (exact) mass is 259 g/mol. The highest BCUT2D eigenvalue weighted by Crippen LogP contribution is 2.43. The van der Waals surface area contributed by atoms with Gasteiger partial charge in [0.1, 0.15) is 0 Å². The average Bonchev–Trinajstić information content (AvgIpc) is 2.87. The summed E-state index contributed by atoms with van der Waals surface area (Å²) in [4.78, 5) is 0. The molecule has 17 heavy (non-hydrogen) atoms. The van der Waals surface area contributed by atoms with E-state index in [1.807, 2.05) is 6.92 Å². The maximum absolute atomic E-state index is 11.9. The molecule has 0 bridgehead atoms. The third-order valence-electron chi connectivity index (χ3n) is 4.03. The van der Waals surface area contributed by atoms with E-state index in [4.69, 9.17) is 10.5 Å². The zero-order valence-electron chi connectivity index (χ0n) is 10.8. The summed E-state index contributed by atoms with van der Waals surface area (Å²) in [5, 5.41) is 0. The molecule has 3 atom stereocenters. The lowest BCUT2D eigenvalue weighted by molar-refractivity contribution is -0.0270. The Hall–Kier alpha value is 0.0700. The van der Waals surface area contributed by atoms with Crippen LogP contribution in [0.4, 0.5) is 0 Å². The van der Waals surface area contributed by atoms with Crippen LogP contribution in [0.2, 0.25) is 0 Å².